The van der Waals surface area contributed by atoms with Crippen LogP contribution in [-0.4, -0.2) is 24.9 Å². The second-order valence-corrected chi connectivity index (χ2v) is 10.2. The molecule has 3 heterocycles. The van der Waals surface area contributed by atoms with E-state index in [9.17, 15) is 0 Å². The molecular formula is C37H23N5. The Morgan fingerprint density at radius 3 is 1.57 bits per heavy atom. The van der Waals surface area contributed by atoms with Gasteiger partial charge in [-0.15, -0.1) is 0 Å². The fourth-order valence-corrected chi connectivity index (χ4v) is 5.37. The first kappa shape index (κ1) is 24.0. The Balaban J connectivity index is 1.18. The van der Waals surface area contributed by atoms with Crippen molar-refractivity contribution in [1.82, 2.24) is 24.9 Å². The molecule has 0 aliphatic heterocycles. The van der Waals surface area contributed by atoms with E-state index in [2.05, 4.69) is 71.7 Å². The lowest BCUT2D eigenvalue weighted by Gasteiger charge is -2.10. The quantitative estimate of drug-likeness (QED) is 0.166. The van der Waals surface area contributed by atoms with Crippen molar-refractivity contribution >= 4 is 32.7 Å². The largest absolute Gasteiger partial charge is 0.254 e. The van der Waals surface area contributed by atoms with Crippen LogP contribution < -0.4 is 0 Å². The molecule has 42 heavy (non-hydrogen) atoms. The number of aromatic nitrogens is 5. The first-order valence-electron chi connectivity index (χ1n) is 13.8. The Labute approximate surface area is 242 Å². The molecule has 5 heteroatoms. The van der Waals surface area contributed by atoms with Crippen LogP contribution in [0.1, 0.15) is 0 Å². The minimum absolute atomic E-state index is 0.643. The van der Waals surface area contributed by atoms with Crippen LogP contribution in [0.2, 0.25) is 0 Å². The summed E-state index contributed by atoms with van der Waals surface area (Å²) in [6.07, 6.45) is 1.82. The molecule has 0 aliphatic rings. The van der Waals surface area contributed by atoms with Crippen LogP contribution in [0.25, 0.3) is 78.0 Å². The average Bonchev–Trinajstić information content (AvgIpc) is 3.08. The van der Waals surface area contributed by atoms with Gasteiger partial charge in [-0.05, 0) is 35.4 Å². The highest BCUT2D eigenvalue weighted by Gasteiger charge is 2.13. The van der Waals surface area contributed by atoms with E-state index in [1.54, 1.807) is 0 Å². The number of rotatable bonds is 4. The van der Waals surface area contributed by atoms with Gasteiger partial charge >= 0.3 is 0 Å². The van der Waals surface area contributed by atoms with Crippen molar-refractivity contribution < 1.29 is 0 Å². The summed E-state index contributed by atoms with van der Waals surface area (Å²) in [4.78, 5) is 24.1. The minimum atomic E-state index is 0.643. The number of hydrogen-bond donors (Lipinski definition) is 0. The third-order valence-corrected chi connectivity index (χ3v) is 7.53. The van der Waals surface area contributed by atoms with Crippen molar-refractivity contribution in [2.75, 3.05) is 0 Å². The summed E-state index contributed by atoms with van der Waals surface area (Å²) in [5, 5.41) is 3.27. The molecule has 3 aromatic heterocycles. The van der Waals surface area contributed by atoms with Crippen molar-refractivity contribution in [3.63, 3.8) is 0 Å². The Morgan fingerprint density at radius 2 is 0.905 bits per heavy atom. The van der Waals surface area contributed by atoms with E-state index in [4.69, 9.17) is 19.9 Å². The molecule has 0 atom stereocenters. The molecule has 0 amide bonds. The SMILES string of the molecule is c1ccc(-c2nc(-c3ccccc3)nc(-c3ccc(-c4ccc5nc6c(ccc7cccnc76)cc5c4)cc3)n2)cc1. The van der Waals surface area contributed by atoms with E-state index in [0.717, 1.165) is 60.5 Å². The topological polar surface area (TPSA) is 64.5 Å². The van der Waals surface area contributed by atoms with Gasteiger partial charge in [-0.1, -0.05) is 109 Å². The molecular weight excluding hydrogens is 514 g/mol. The van der Waals surface area contributed by atoms with Gasteiger partial charge in [-0.2, -0.15) is 0 Å². The van der Waals surface area contributed by atoms with Crippen molar-refractivity contribution in [2.45, 2.75) is 0 Å². The summed E-state index contributed by atoms with van der Waals surface area (Å²) in [5.74, 6) is 1.95. The summed E-state index contributed by atoms with van der Waals surface area (Å²) in [6, 6.07) is 45.3. The maximum Gasteiger partial charge on any atom is 0.164 e. The van der Waals surface area contributed by atoms with Crippen LogP contribution in [0.15, 0.2) is 140 Å². The molecule has 0 saturated carbocycles. The van der Waals surface area contributed by atoms with Crippen LogP contribution in [0.3, 0.4) is 0 Å². The highest BCUT2D eigenvalue weighted by Crippen LogP contribution is 2.31. The van der Waals surface area contributed by atoms with E-state index in [1.807, 2.05) is 72.9 Å². The maximum atomic E-state index is 4.98. The Morgan fingerprint density at radius 1 is 0.333 bits per heavy atom. The lowest BCUT2D eigenvalue weighted by molar-refractivity contribution is 1.07. The van der Waals surface area contributed by atoms with Gasteiger partial charge < -0.3 is 0 Å². The van der Waals surface area contributed by atoms with Gasteiger partial charge in [0.1, 0.15) is 0 Å². The van der Waals surface area contributed by atoms with Gasteiger partial charge in [-0.3, -0.25) is 4.98 Å². The normalized spacial score (nSPS) is 11.3. The highest BCUT2D eigenvalue weighted by molar-refractivity contribution is 6.06. The van der Waals surface area contributed by atoms with E-state index in [0.29, 0.717) is 17.5 Å². The Bertz CT molecular complexity index is 2170. The molecule has 196 valence electrons. The molecule has 8 aromatic rings. The van der Waals surface area contributed by atoms with Crippen molar-refractivity contribution in [3.8, 4) is 45.3 Å². The number of benzene rings is 5. The van der Waals surface area contributed by atoms with Gasteiger partial charge in [0.15, 0.2) is 17.5 Å². The van der Waals surface area contributed by atoms with Crippen LogP contribution in [0.4, 0.5) is 0 Å². The van der Waals surface area contributed by atoms with Crippen molar-refractivity contribution in [1.29, 1.82) is 0 Å². The highest BCUT2D eigenvalue weighted by atomic mass is 15.0. The van der Waals surface area contributed by atoms with Gasteiger partial charge in [0.25, 0.3) is 0 Å². The fraction of sp³-hybridized carbons (Fsp3) is 0. The van der Waals surface area contributed by atoms with E-state index >= 15 is 0 Å². The van der Waals surface area contributed by atoms with E-state index in [-0.39, 0.29) is 0 Å². The first-order chi connectivity index (χ1) is 20.8. The lowest BCUT2D eigenvalue weighted by Crippen LogP contribution is -2.00. The molecule has 0 aliphatic carbocycles. The number of nitrogens with zero attached hydrogens (tertiary/aromatic N) is 5. The second kappa shape index (κ2) is 9.98. The fourth-order valence-electron chi connectivity index (χ4n) is 5.37. The lowest BCUT2D eigenvalue weighted by atomic mass is 10.0. The molecule has 0 bridgehead atoms. The second-order valence-electron chi connectivity index (χ2n) is 10.2. The molecule has 0 saturated heterocycles. The van der Waals surface area contributed by atoms with E-state index < -0.39 is 0 Å². The maximum absolute atomic E-state index is 4.98. The predicted octanol–water partition coefficient (Wildman–Crippen LogP) is 8.79. The predicted molar refractivity (Wildman–Crippen MR) is 170 cm³/mol. The molecule has 0 unspecified atom stereocenters. The molecule has 0 radical (unpaired) electrons. The standard InChI is InChI=1S/C37H23N5/c1-3-8-26(9-4-1)35-40-36(27-10-5-2-6-11-27)42-37(41-35)28-16-13-24(14-17-28)29-19-20-32-31(22-29)23-30-18-15-25-12-7-21-38-33(25)34(30)39-32/h1-23H. The zero-order valence-corrected chi connectivity index (χ0v) is 22.5. The molecule has 5 nitrogen and oxygen atoms in total. The Hall–Kier alpha value is -5.81. The van der Waals surface area contributed by atoms with Gasteiger partial charge in [0.2, 0.25) is 0 Å². The number of fused-ring (bicyclic) bond motifs is 4. The molecule has 0 N–H and O–H groups in total. The molecule has 0 spiro atoms. The summed E-state index contributed by atoms with van der Waals surface area (Å²) in [7, 11) is 0. The van der Waals surface area contributed by atoms with Crippen LogP contribution in [0.5, 0.6) is 0 Å². The number of pyridine rings is 2. The molecule has 8 rings (SSSR count). The summed E-state index contributed by atoms with van der Waals surface area (Å²) >= 11 is 0. The summed E-state index contributed by atoms with van der Waals surface area (Å²) in [5.41, 5.74) is 7.89. The van der Waals surface area contributed by atoms with E-state index in [1.165, 1.54) is 0 Å². The van der Waals surface area contributed by atoms with Crippen molar-refractivity contribution in [2.24, 2.45) is 0 Å². The summed E-state index contributed by atoms with van der Waals surface area (Å²) in [6.45, 7) is 0. The number of hydrogen-bond acceptors (Lipinski definition) is 5. The van der Waals surface area contributed by atoms with Gasteiger partial charge in [0, 0.05) is 39.0 Å². The zero-order chi connectivity index (χ0) is 27.9. The third-order valence-electron chi connectivity index (χ3n) is 7.53. The smallest absolute Gasteiger partial charge is 0.164 e. The first-order valence-corrected chi connectivity index (χ1v) is 13.8. The molecule has 5 aromatic carbocycles. The average molecular weight is 538 g/mol. The third kappa shape index (κ3) is 4.34. The van der Waals surface area contributed by atoms with Gasteiger partial charge in [0.05, 0.1) is 16.6 Å². The van der Waals surface area contributed by atoms with Crippen LogP contribution in [0, 0.1) is 0 Å². The molecule has 0 fully saturated rings. The van der Waals surface area contributed by atoms with Crippen LogP contribution in [-0.2, 0) is 0 Å². The van der Waals surface area contributed by atoms with Crippen LogP contribution >= 0.6 is 0 Å². The monoisotopic (exact) mass is 537 g/mol. The summed E-state index contributed by atoms with van der Waals surface area (Å²) < 4.78 is 0. The zero-order valence-electron chi connectivity index (χ0n) is 22.5. The minimum Gasteiger partial charge on any atom is -0.254 e. The Kier molecular flexibility index (Phi) is 5.71. The van der Waals surface area contributed by atoms with Crippen molar-refractivity contribution in [3.05, 3.63) is 140 Å². The van der Waals surface area contributed by atoms with Gasteiger partial charge in [-0.25, -0.2) is 19.9 Å².